The molecule has 0 bridgehead atoms. The average molecular weight is 649 g/mol. The fraction of sp³-hybridized carbons (Fsp3) is 0.136. The van der Waals surface area contributed by atoms with E-state index < -0.39 is 0 Å². The van der Waals surface area contributed by atoms with Gasteiger partial charge in [0.15, 0.2) is 0 Å². The third kappa shape index (κ3) is 4.56. The molecular weight excluding hydrogens is 613 g/mol. The van der Waals surface area contributed by atoms with Crippen molar-refractivity contribution in [1.29, 1.82) is 0 Å². The molecule has 0 radical (unpaired) electrons. The van der Waals surface area contributed by atoms with Crippen LogP contribution < -0.4 is 0 Å². The van der Waals surface area contributed by atoms with Gasteiger partial charge in [-0.15, -0.1) is 0 Å². The Labute approximate surface area is 290 Å². The molecule has 0 fully saturated rings. The van der Waals surface area contributed by atoms with Crippen LogP contribution in [0.3, 0.4) is 0 Å². The van der Waals surface area contributed by atoms with Gasteiger partial charge in [0.2, 0.25) is 0 Å². The van der Waals surface area contributed by atoms with E-state index in [1.807, 2.05) is 61.4 Å². The van der Waals surface area contributed by atoms with Gasteiger partial charge < -0.3 is 9.13 Å². The van der Waals surface area contributed by atoms with Crippen LogP contribution in [0.25, 0.3) is 55.2 Å². The van der Waals surface area contributed by atoms with Crippen LogP contribution in [0, 0.1) is 0 Å². The van der Waals surface area contributed by atoms with Gasteiger partial charge in [-0.3, -0.25) is 19.9 Å². The largest absolute Gasteiger partial charge is 0.306 e. The van der Waals surface area contributed by atoms with Gasteiger partial charge in [-0.25, -0.2) is 0 Å². The topological polar surface area (TPSA) is 61.4 Å². The second-order valence-electron chi connectivity index (χ2n) is 14.1. The second kappa shape index (κ2) is 11.2. The maximum Gasteiger partial charge on any atom is 0.0964 e. The molecule has 0 spiro atoms. The third-order valence-corrected chi connectivity index (χ3v) is 10.7. The highest BCUT2D eigenvalue weighted by molar-refractivity contribution is 6.07. The number of rotatable bonds is 6. The number of benzene rings is 3. The number of hydrogen-bond acceptors (Lipinski definition) is 4. The third-order valence-electron chi connectivity index (χ3n) is 10.7. The lowest BCUT2D eigenvalue weighted by molar-refractivity contribution is 0.626. The van der Waals surface area contributed by atoms with Crippen LogP contribution in [0.1, 0.15) is 49.9 Å². The summed E-state index contributed by atoms with van der Waals surface area (Å²) in [6, 6.07) is 39.3. The van der Waals surface area contributed by atoms with Gasteiger partial charge in [0.05, 0.1) is 45.5 Å². The molecule has 3 aromatic carbocycles. The van der Waals surface area contributed by atoms with Gasteiger partial charge in [0.1, 0.15) is 0 Å². The molecule has 50 heavy (non-hydrogen) atoms. The summed E-state index contributed by atoms with van der Waals surface area (Å²) < 4.78 is 4.50. The van der Waals surface area contributed by atoms with Gasteiger partial charge in [0, 0.05) is 57.8 Å². The summed E-state index contributed by atoms with van der Waals surface area (Å²) in [7, 11) is 0. The zero-order valence-electron chi connectivity index (χ0n) is 28.5. The lowest BCUT2D eigenvalue weighted by Crippen LogP contribution is -2.21. The van der Waals surface area contributed by atoms with E-state index in [-0.39, 0.29) is 10.8 Å². The molecule has 9 aromatic rings. The maximum atomic E-state index is 4.68. The highest BCUT2D eigenvalue weighted by atomic mass is 15.0. The zero-order chi connectivity index (χ0) is 34.0. The monoisotopic (exact) mass is 648 g/mol. The maximum absolute atomic E-state index is 4.68. The number of nitrogens with zero attached hydrogens (tertiary/aromatic N) is 6. The first-order chi connectivity index (χ1) is 24.3. The van der Waals surface area contributed by atoms with Gasteiger partial charge in [-0.05, 0) is 82.9 Å². The molecule has 0 aliphatic heterocycles. The van der Waals surface area contributed by atoms with E-state index >= 15 is 0 Å². The first-order valence-electron chi connectivity index (χ1n) is 17.0. The molecule has 0 saturated carbocycles. The molecule has 0 atom stereocenters. The standard InChI is InChI=1S/C44H36N6/c1-43(2,31-13-17-33(18-14-31)49-37-7-5-23-47-41(37)35-21-25-45-27-39(35)49)29-9-11-30(12-10-29)44(3,4)32-15-19-34(20-16-32)50-38-8-6-24-48-42(38)36-22-26-46-28-40(36)50/h5-28H,1-4H3. The molecule has 6 heterocycles. The predicted molar refractivity (Wildman–Crippen MR) is 203 cm³/mol. The minimum Gasteiger partial charge on any atom is -0.306 e. The van der Waals surface area contributed by atoms with E-state index in [0.29, 0.717) is 0 Å². The summed E-state index contributed by atoms with van der Waals surface area (Å²) >= 11 is 0. The molecule has 0 aliphatic rings. The smallest absolute Gasteiger partial charge is 0.0964 e. The summed E-state index contributed by atoms with van der Waals surface area (Å²) in [6.45, 7) is 9.20. The Hall–Kier alpha value is -6.14. The summed E-state index contributed by atoms with van der Waals surface area (Å²) in [5.41, 5.74) is 13.2. The minimum atomic E-state index is -0.182. The van der Waals surface area contributed by atoms with Crippen molar-refractivity contribution in [3.63, 3.8) is 0 Å². The Kier molecular flexibility index (Phi) is 6.71. The number of hydrogen-bond donors (Lipinski definition) is 0. The summed E-state index contributed by atoms with van der Waals surface area (Å²) in [5, 5.41) is 2.22. The second-order valence-corrected chi connectivity index (χ2v) is 14.1. The van der Waals surface area contributed by atoms with Crippen molar-refractivity contribution >= 4 is 43.9 Å². The fourth-order valence-electron chi connectivity index (χ4n) is 7.61. The highest BCUT2D eigenvalue weighted by Gasteiger charge is 2.27. The molecule has 6 heteroatoms. The van der Waals surface area contributed by atoms with Crippen LogP contribution in [-0.4, -0.2) is 29.1 Å². The summed E-state index contributed by atoms with van der Waals surface area (Å²) in [6.07, 6.45) is 11.2. The molecule has 242 valence electrons. The average Bonchev–Trinajstić information content (AvgIpc) is 3.68. The lowest BCUT2D eigenvalue weighted by Gasteiger charge is -2.30. The first-order valence-corrected chi connectivity index (χ1v) is 17.0. The van der Waals surface area contributed by atoms with Crippen molar-refractivity contribution in [3.05, 3.63) is 169 Å². The number of fused-ring (bicyclic) bond motifs is 6. The van der Waals surface area contributed by atoms with Gasteiger partial charge in [0.25, 0.3) is 0 Å². The SMILES string of the molecule is CC(C)(c1ccc(-n2c3cnccc3c3ncccc32)cc1)c1ccc(C(C)(C)c2ccc(-n3c4cnccc4c4ncccc43)cc2)cc1. The van der Waals surface area contributed by atoms with E-state index in [2.05, 4.69) is 142 Å². The van der Waals surface area contributed by atoms with Crippen LogP contribution in [-0.2, 0) is 10.8 Å². The first kappa shape index (κ1) is 30.0. The van der Waals surface area contributed by atoms with Crippen LogP contribution in [0.2, 0.25) is 0 Å². The molecule has 9 rings (SSSR count). The van der Waals surface area contributed by atoms with Crippen LogP contribution in [0.15, 0.2) is 146 Å². The van der Waals surface area contributed by atoms with Crippen LogP contribution >= 0.6 is 0 Å². The Morgan fingerprint density at radius 2 is 0.760 bits per heavy atom. The van der Waals surface area contributed by atoms with Crippen molar-refractivity contribution in [2.45, 2.75) is 38.5 Å². The van der Waals surface area contributed by atoms with Gasteiger partial charge in [-0.1, -0.05) is 76.2 Å². The van der Waals surface area contributed by atoms with Crippen molar-refractivity contribution in [2.75, 3.05) is 0 Å². The molecular formula is C44H36N6. The van der Waals surface area contributed by atoms with E-state index in [1.165, 1.54) is 22.3 Å². The van der Waals surface area contributed by atoms with E-state index in [1.54, 1.807) is 0 Å². The van der Waals surface area contributed by atoms with Gasteiger partial charge >= 0.3 is 0 Å². The molecule has 0 amide bonds. The molecule has 0 unspecified atom stereocenters. The lowest BCUT2D eigenvalue weighted by atomic mass is 9.74. The molecule has 6 nitrogen and oxygen atoms in total. The fourth-order valence-corrected chi connectivity index (χ4v) is 7.61. The summed E-state index contributed by atoms with van der Waals surface area (Å²) in [5.74, 6) is 0. The normalized spacial score (nSPS) is 12.4. The molecule has 0 N–H and O–H groups in total. The van der Waals surface area contributed by atoms with Crippen molar-refractivity contribution in [1.82, 2.24) is 29.1 Å². The van der Waals surface area contributed by atoms with Crippen LogP contribution in [0.5, 0.6) is 0 Å². The Morgan fingerprint density at radius 1 is 0.400 bits per heavy atom. The molecule has 6 aromatic heterocycles. The highest BCUT2D eigenvalue weighted by Crippen LogP contribution is 2.38. The Balaban J connectivity index is 0.997. The zero-order valence-corrected chi connectivity index (χ0v) is 28.5. The minimum absolute atomic E-state index is 0.182. The summed E-state index contributed by atoms with van der Waals surface area (Å²) in [4.78, 5) is 18.2. The predicted octanol–water partition coefficient (Wildman–Crippen LogP) is 10.1. The Morgan fingerprint density at radius 3 is 1.14 bits per heavy atom. The number of pyridine rings is 4. The van der Waals surface area contributed by atoms with E-state index in [9.17, 15) is 0 Å². The quantitative estimate of drug-likeness (QED) is 0.180. The van der Waals surface area contributed by atoms with E-state index in [4.69, 9.17) is 0 Å². The van der Waals surface area contributed by atoms with Crippen molar-refractivity contribution in [2.24, 2.45) is 0 Å². The van der Waals surface area contributed by atoms with Crippen molar-refractivity contribution in [3.8, 4) is 11.4 Å². The van der Waals surface area contributed by atoms with Crippen LogP contribution in [0.4, 0.5) is 0 Å². The molecule has 0 saturated heterocycles. The van der Waals surface area contributed by atoms with E-state index in [0.717, 1.165) is 55.2 Å². The van der Waals surface area contributed by atoms with Crippen molar-refractivity contribution < 1.29 is 0 Å². The number of aromatic nitrogens is 6. The van der Waals surface area contributed by atoms with Gasteiger partial charge in [-0.2, -0.15) is 0 Å². The molecule has 0 aliphatic carbocycles. The Bertz CT molecular complexity index is 2380.